The number of anilines is 1. The number of ether oxygens (including phenoxy) is 1. The molecule has 3 aromatic carbocycles. The number of hydrogen-bond donors (Lipinski definition) is 1. The Morgan fingerprint density at radius 2 is 1.40 bits per heavy atom. The van der Waals surface area contributed by atoms with Gasteiger partial charge in [-0.1, -0.05) is 50.6 Å². The summed E-state index contributed by atoms with van der Waals surface area (Å²) < 4.78 is 5.44. The highest BCUT2D eigenvalue weighted by atomic mass is 16.5. The summed E-state index contributed by atoms with van der Waals surface area (Å²) in [5.41, 5.74) is 5.08. The van der Waals surface area contributed by atoms with Crippen LogP contribution in [0.25, 0.3) is 0 Å². The van der Waals surface area contributed by atoms with Gasteiger partial charge in [0.25, 0.3) is 5.91 Å². The normalized spacial score (nSPS) is 11.1. The van der Waals surface area contributed by atoms with Crippen LogP contribution < -0.4 is 10.1 Å². The van der Waals surface area contributed by atoms with Crippen molar-refractivity contribution in [2.24, 2.45) is 0 Å². The van der Waals surface area contributed by atoms with Crippen molar-refractivity contribution in [3.8, 4) is 5.75 Å². The maximum Gasteiger partial charge on any atom is 0.343 e. The Balaban J connectivity index is 1.65. The summed E-state index contributed by atoms with van der Waals surface area (Å²) in [6, 6.07) is 19.8. The maximum atomic E-state index is 12.5. The van der Waals surface area contributed by atoms with Gasteiger partial charge in [0, 0.05) is 11.3 Å². The van der Waals surface area contributed by atoms with Gasteiger partial charge in [0.05, 0.1) is 5.56 Å². The number of nitrogens with one attached hydrogen (secondary N) is 1. The van der Waals surface area contributed by atoms with Crippen molar-refractivity contribution in [3.05, 3.63) is 94.5 Å². The van der Waals surface area contributed by atoms with E-state index in [9.17, 15) is 9.59 Å². The lowest BCUT2D eigenvalue weighted by Crippen LogP contribution is -2.14. The molecule has 0 fully saturated rings. The van der Waals surface area contributed by atoms with E-state index in [1.54, 1.807) is 36.4 Å². The molecule has 4 nitrogen and oxygen atoms in total. The molecule has 0 aliphatic heterocycles. The third kappa shape index (κ3) is 5.15. The largest absolute Gasteiger partial charge is 0.423 e. The number of esters is 1. The second kappa shape index (κ2) is 8.54. The smallest absolute Gasteiger partial charge is 0.343 e. The molecule has 3 rings (SSSR count). The lowest BCUT2D eigenvalue weighted by molar-refractivity contribution is 0.0734. The van der Waals surface area contributed by atoms with E-state index in [-0.39, 0.29) is 11.3 Å². The molecule has 1 N–H and O–H groups in total. The van der Waals surface area contributed by atoms with Gasteiger partial charge in [0.15, 0.2) is 0 Å². The quantitative estimate of drug-likeness (QED) is 0.426. The molecule has 154 valence electrons. The van der Waals surface area contributed by atoms with Crippen molar-refractivity contribution < 1.29 is 14.3 Å². The van der Waals surface area contributed by atoms with Crippen LogP contribution in [-0.2, 0) is 5.41 Å². The zero-order chi connectivity index (χ0) is 21.9. The molecule has 0 spiro atoms. The first-order valence-corrected chi connectivity index (χ1v) is 9.95. The van der Waals surface area contributed by atoms with Gasteiger partial charge in [-0.25, -0.2) is 4.79 Å². The molecular weight excluding hydrogens is 374 g/mol. The van der Waals surface area contributed by atoms with Gasteiger partial charge in [-0.3, -0.25) is 4.79 Å². The highest BCUT2D eigenvalue weighted by molar-refractivity contribution is 6.04. The van der Waals surface area contributed by atoms with E-state index in [0.29, 0.717) is 16.9 Å². The number of amides is 1. The molecule has 0 unspecified atom stereocenters. The van der Waals surface area contributed by atoms with Crippen molar-refractivity contribution >= 4 is 17.6 Å². The standard InChI is InChI=1S/C26H27NO3/c1-17-6-15-23(18(2)16-17)27-24(28)19-9-13-22(14-10-19)30-25(29)20-7-11-21(12-8-20)26(3,4)5/h6-16H,1-5H3,(H,27,28). The third-order valence-electron chi connectivity index (χ3n) is 4.94. The molecule has 0 saturated carbocycles. The second-order valence-electron chi connectivity index (χ2n) is 8.51. The molecule has 0 saturated heterocycles. The SMILES string of the molecule is Cc1ccc(NC(=O)c2ccc(OC(=O)c3ccc(C(C)(C)C)cc3)cc2)c(C)c1. The highest BCUT2D eigenvalue weighted by Crippen LogP contribution is 2.23. The van der Waals surface area contributed by atoms with Gasteiger partial charge < -0.3 is 10.1 Å². The summed E-state index contributed by atoms with van der Waals surface area (Å²) in [6.07, 6.45) is 0. The van der Waals surface area contributed by atoms with Crippen LogP contribution in [0, 0.1) is 13.8 Å². The topological polar surface area (TPSA) is 55.4 Å². The molecule has 0 aliphatic carbocycles. The first-order chi connectivity index (χ1) is 14.1. The van der Waals surface area contributed by atoms with E-state index in [4.69, 9.17) is 4.74 Å². The van der Waals surface area contributed by atoms with Crippen LogP contribution in [0.1, 0.15) is 58.2 Å². The summed E-state index contributed by atoms with van der Waals surface area (Å²) >= 11 is 0. The number of hydrogen-bond acceptors (Lipinski definition) is 3. The number of rotatable bonds is 4. The molecule has 1 amide bonds. The fourth-order valence-corrected chi connectivity index (χ4v) is 3.09. The first-order valence-electron chi connectivity index (χ1n) is 9.95. The average molecular weight is 402 g/mol. The van der Waals surface area contributed by atoms with Crippen molar-refractivity contribution in [2.45, 2.75) is 40.0 Å². The summed E-state index contributed by atoms with van der Waals surface area (Å²) in [6.45, 7) is 10.3. The average Bonchev–Trinajstić information content (AvgIpc) is 2.70. The van der Waals surface area contributed by atoms with E-state index in [0.717, 1.165) is 22.4 Å². The van der Waals surface area contributed by atoms with Crippen LogP contribution in [0.3, 0.4) is 0 Å². The van der Waals surface area contributed by atoms with Crippen LogP contribution in [0.15, 0.2) is 66.7 Å². The highest BCUT2D eigenvalue weighted by Gasteiger charge is 2.15. The van der Waals surface area contributed by atoms with Crippen molar-refractivity contribution in [3.63, 3.8) is 0 Å². The predicted molar refractivity (Wildman–Crippen MR) is 120 cm³/mol. The predicted octanol–water partition coefficient (Wildman–Crippen LogP) is 6.07. The maximum absolute atomic E-state index is 12.5. The van der Waals surface area contributed by atoms with Gasteiger partial charge in [-0.2, -0.15) is 0 Å². The van der Waals surface area contributed by atoms with Crippen molar-refractivity contribution in [2.75, 3.05) is 5.32 Å². The summed E-state index contributed by atoms with van der Waals surface area (Å²) in [5.74, 6) is -0.247. The van der Waals surface area contributed by atoms with E-state index < -0.39 is 5.97 Å². The molecule has 0 atom stereocenters. The molecule has 0 bridgehead atoms. The fourth-order valence-electron chi connectivity index (χ4n) is 3.09. The summed E-state index contributed by atoms with van der Waals surface area (Å²) in [7, 11) is 0. The minimum Gasteiger partial charge on any atom is -0.423 e. The molecule has 0 radical (unpaired) electrons. The lowest BCUT2D eigenvalue weighted by Gasteiger charge is -2.18. The van der Waals surface area contributed by atoms with Crippen molar-refractivity contribution in [1.29, 1.82) is 0 Å². The Morgan fingerprint density at radius 1 is 0.800 bits per heavy atom. The molecule has 30 heavy (non-hydrogen) atoms. The minimum atomic E-state index is -0.428. The van der Waals surface area contributed by atoms with E-state index >= 15 is 0 Å². The van der Waals surface area contributed by atoms with Gasteiger partial charge in [-0.05, 0) is 72.9 Å². The van der Waals surface area contributed by atoms with Gasteiger partial charge in [0.2, 0.25) is 0 Å². The molecule has 0 aromatic heterocycles. The first kappa shape index (κ1) is 21.3. The summed E-state index contributed by atoms with van der Waals surface area (Å²) in [4.78, 5) is 24.9. The molecular formula is C26H27NO3. The third-order valence-corrected chi connectivity index (χ3v) is 4.94. The zero-order valence-electron chi connectivity index (χ0n) is 18.1. The molecule has 3 aromatic rings. The number of benzene rings is 3. The van der Waals surface area contributed by atoms with Crippen LogP contribution >= 0.6 is 0 Å². The van der Waals surface area contributed by atoms with Crippen LogP contribution in [0.2, 0.25) is 0 Å². The Morgan fingerprint density at radius 3 is 1.97 bits per heavy atom. The van der Waals surface area contributed by atoms with E-state index in [1.165, 1.54) is 0 Å². The van der Waals surface area contributed by atoms with E-state index in [1.807, 2.05) is 44.2 Å². The second-order valence-corrected chi connectivity index (χ2v) is 8.51. The Kier molecular flexibility index (Phi) is 6.06. The zero-order valence-corrected chi connectivity index (χ0v) is 18.1. The van der Waals surface area contributed by atoms with Gasteiger partial charge >= 0.3 is 5.97 Å². The molecule has 0 heterocycles. The number of carbonyl (C=O) groups is 2. The van der Waals surface area contributed by atoms with Crippen molar-refractivity contribution in [1.82, 2.24) is 0 Å². The molecule has 4 heteroatoms. The van der Waals surface area contributed by atoms with Crippen LogP contribution in [0.5, 0.6) is 5.75 Å². The van der Waals surface area contributed by atoms with Gasteiger partial charge in [-0.15, -0.1) is 0 Å². The summed E-state index contributed by atoms with van der Waals surface area (Å²) in [5, 5.41) is 2.91. The minimum absolute atomic E-state index is 0.0238. The molecule has 0 aliphatic rings. The van der Waals surface area contributed by atoms with Crippen LogP contribution in [0.4, 0.5) is 5.69 Å². The fraction of sp³-hybridized carbons (Fsp3) is 0.231. The Hall–Kier alpha value is -3.40. The monoisotopic (exact) mass is 401 g/mol. The number of carbonyl (C=O) groups excluding carboxylic acids is 2. The number of aryl methyl sites for hydroxylation is 2. The van der Waals surface area contributed by atoms with Crippen LogP contribution in [-0.4, -0.2) is 11.9 Å². The van der Waals surface area contributed by atoms with Gasteiger partial charge in [0.1, 0.15) is 5.75 Å². The lowest BCUT2D eigenvalue weighted by atomic mass is 9.87. The van der Waals surface area contributed by atoms with E-state index in [2.05, 4.69) is 26.1 Å². The Bertz CT molecular complexity index is 1060. The Labute approximate surface area is 177 Å².